The zero-order valence-corrected chi connectivity index (χ0v) is 11.6. The second-order valence-corrected chi connectivity index (χ2v) is 4.60. The number of rotatable bonds is 3. The maximum absolute atomic E-state index is 13.1. The van der Waals surface area contributed by atoms with Crippen molar-refractivity contribution >= 4 is 5.97 Å². The lowest BCUT2D eigenvalue weighted by molar-refractivity contribution is -0.274. The molecular formula is C15H8F6O3. The second-order valence-electron chi connectivity index (χ2n) is 4.60. The minimum Gasteiger partial charge on any atom is -0.478 e. The van der Waals surface area contributed by atoms with E-state index < -0.39 is 40.9 Å². The summed E-state index contributed by atoms with van der Waals surface area (Å²) in [6.45, 7) is 0. The minimum atomic E-state index is -4.95. The average molecular weight is 350 g/mol. The number of alkyl halides is 6. The fourth-order valence-corrected chi connectivity index (χ4v) is 2.10. The standard InChI is InChI=1S/C15H8F6O3/c16-14(17,18)11-3-1-2-10(13(22)23)12(11)8-4-6-9(7-5-8)24-15(19,20)21/h1-7H,(H,22,23). The molecule has 0 fully saturated rings. The van der Waals surface area contributed by atoms with Crippen molar-refractivity contribution in [1.82, 2.24) is 0 Å². The number of carbonyl (C=O) groups is 1. The number of carboxylic acid groups (broad SMARTS) is 1. The molecule has 0 atom stereocenters. The number of aromatic carboxylic acids is 1. The predicted molar refractivity (Wildman–Crippen MR) is 70.5 cm³/mol. The quantitative estimate of drug-likeness (QED) is 0.795. The van der Waals surface area contributed by atoms with Gasteiger partial charge in [0.25, 0.3) is 0 Å². The summed E-state index contributed by atoms with van der Waals surface area (Å²) < 4.78 is 79.3. The van der Waals surface area contributed by atoms with Crippen molar-refractivity contribution in [3.63, 3.8) is 0 Å². The maximum Gasteiger partial charge on any atom is 0.573 e. The van der Waals surface area contributed by atoms with E-state index in [1.165, 1.54) is 0 Å². The van der Waals surface area contributed by atoms with E-state index in [-0.39, 0.29) is 5.56 Å². The van der Waals surface area contributed by atoms with Crippen LogP contribution < -0.4 is 4.74 Å². The van der Waals surface area contributed by atoms with Crippen LogP contribution in [0.5, 0.6) is 5.75 Å². The molecule has 1 N–H and O–H groups in total. The molecule has 0 unspecified atom stereocenters. The van der Waals surface area contributed by atoms with Gasteiger partial charge in [-0.3, -0.25) is 0 Å². The van der Waals surface area contributed by atoms with Crippen molar-refractivity contribution in [2.24, 2.45) is 0 Å². The maximum atomic E-state index is 13.1. The topological polar surface area (TPSA) is 46.5 Å². The molecule has 0 amide bonds. The molecule has 2 aromatic carbocycles. The Morgan fingerprint density at radius 2 is 1.50 bits per heavy atom. The first-order valence-electron chi connectivity index (χ1n) is 6.29. The molecule has 0 spiro atoms. The Kier molecular flexibility index (Phi) is 4.46. The Balaban J connectivity index is 2.57. The fraction of sp³-hybridized carbons (Fsp3) is 0.133. The van der Waals surface area contributed by atoms with Gasteiger partial charge < -0.3 is 9.84 Å². The fourth-order valence-electron chi connectivity index (χ4n) is 2.10. The van der Waals surface area contributed by atoms with Gasteiger partial charge >= 0.3 is 18.5 Å². The summed E-state index contributed by atoms with van der Waals surface area (Å²) in [5.41, 5.74) is -2.65. The SMILES string of the molecule is O=C(O)c1cccc(C(F)(F)F)c1-c1ccc(OC(F)(F)F)cc1. The highest BCUT2D eigenvalue weighted by atomic mass is 19.4. The van der Waals surface area contributed by atoms with Crippen molar-refractivity contribution in [1.29, 1.82) is 0 Å². The zero-order valence-electron chi connectivity index (χ0n) is 11.6. The Hall–Kier alpha value is -2.71. The normalized spacial score (nSPS) is 12.1. The van der Waals surface area contributed by atoms with Crippen LogP contribution in [0.4, 0.5) is 26.3 Å². The molecule has 0 radical (unpaired) electrons. The molecule has 128 valence electrons. The highest BCUT2D eigenvalue weighted by Crippen LogP contribution is 2.39. The number of halogens is 6. The van der Waals surface area contributed by atoms with E-state index in [4.69, 9.17) is 5.11 Å². The van der Waals surface area contributed by atoms with Crippen LogP contribution in [0.3, 0.4) is 0 Å². The summed E-state index contributed by atoms with van der Waals surface area (Å²) in [6, 6.07) is 6.09. The van der Waals surface area contributed by atoms with Gasteiger partial charge in [-0.05, 0) is 29.8 Å². The van der Waals surface area contributed by atoms with Crippen LogP contribution in [-0.2, 0) is 6.18 Å². The first kappa shape index (κ1) is 17.6. The van der Waals surface area contributed by atoms with E-state index in [1.807, 2.05) is 0 Å². The molecule has 9 heteroatoms. The third-order valence-electron chi connectivity index (χ3n) is 2.98. The molecule has 0 aliphatic heterocycles. The van der Waals surface area contributed by atoms with E-state index in [2.05, 4.69) is 4.74 Å². The molecule has 0 aromatic heterocycles. The molecule has 0 bridgehead atoms. The summed E-state index contributed by atoms with van der Waals surface area (Å²) in [6.07, 6.45) is -9.78. The lowest BCUT2D eigenvalue weighted by Crippen LogP contribution is -2.17. The summed E-state index contributed by atoms with van der Waals surface area (Å²) in [7, 11) is 0. The minimum absolute atomic E-state index is 0.199. The number of hydrogen-bond acceptors (Lipinski definition) is 2. The molecule has 0 saturated heterocycles. The van der Waals surface area contributed by atoms with Gasteiger partial charge in [0.1, 0.15) is 5.75 Å². The van der Waals surface area contributed by atoms with E-state index in [9.17, 15) is 31.1 Å². The molecular weight excluding hydrogens is 342 g/mol. The summed E-state index contributed by atoms with van der Waals surface area (Å²) in [4.78, 5) is 11.2. The van der Waals surface area contributed by atoms with Crippen LogP contribution in [-0.4, -0.2) is 17.4 Å². The largest absolute Gasteiger partial charge is 0.573 e. The molecule has 3 nitrogen and oxygen atoms in total. The van der Waals surface area contributed by atoms with Gasteiger partial charge in [0.15, 0.2) is 0 Å². The highest BCUT2D eigenvalue weighted by Gasteiger charge is 2.36. The van der Waals surface area contributed by atoms with Crippen molar-refractivity contribution in [2.75, 3.05) is 0 Å². The predicted octanol–water partition coefficient (Wildman–Crippen LogP) is 4.97. The zero-order chi connectivity index (χ0) is 18.1. The molecule has 0 heterocycles. The molecule has 0 saturated carbocycles. The van der Waals surface area contributed by atoms with Gasteiger partial charge in [-0.15, -0.1) is 13.2 Å². The lowest BCUT2D eigenvalue weighted by Gasteiger charge is -2.16. The number of ether oxygens (including phenoxy) is 1. The van der Waals surface area contributed by atoms with Crippen molar-refractivity contribution < 1.29 is 41.0 Å². The van der Waals surface area contributed by atoms with E-state index in [1.54, 1.807) is 0 Å². The van der Waals surface area contributed by atoms with Crippen molar-refractivity contribution in [3.05, 3.63) is 53.6 Å². The van der Waals surface area contributed by atoms with Crippen LogP contribution in [0.1, 0.15) is 15.9 Å². The van der Waals surface area contributed by atoms with E-state index in [0.29, 0.717) is 6.07 Å². The Labute approximate surface area is 131 Å². The first-order chi connectivity index (χ1) is 11.0. The Morgan fingerprint density at radius 1 is 0.917 bits per heavy atom. The Bertz CT molecular complexity index is 747. The first-order valence-corrected chi connectivity index (χ1v) is 6.29. The van der Waals surface area contributed by atoms with Crippen LogP contribution in [0.2, 0.25) is 0 Å². The highest BCUT2D eigenvalue weighted by molar-refractivity contribution is 5.97. The molecule has 24 heavy (non-hydrogen) atoms. The molecule has 2 rings (SSSR count). The lowest BCUT2D eigenvalue weighted by atomic mass is 9.94. The summed E-state index contributed by atoms with van der Waals surface area (Å²) in [5.74, 6) is -2.22. The van der Waals surface area contributed by atoms with Gasteiger partial charge in [-0.25, -0.2) is 4.79 Å². The van der Waals surface area contributed by atoms with Gasteiger partial charge in [-0.2, -0.15) is 13.2 Å². The van der Waals surface area contributed by atoms with Crippen molar-refractivity contribution in [3.8, 4) is 16.9 Å². The number of benzene rings is 2. The number of carboxylic acids is 1. The van der Waals surface area contributed by atoms with Crippen LogP contribution >= 0.6 is 0 Å². The van der Waals surface area contributed by atoms with Crippen molar-refractivity contribution in [2.45, 2.75) is 12.5 Å². The van der Waals surface area contributed by atoms with Gasteiger partial charge in [0.05, 0.1) is 11.1 Å². The van der Waals surface area contributed by atoms with Crippen LogP contribution in [0, 0.1) is 0 Å². The van der Waals surface area contributed by atoms with Crippen LogP contribution in [0.15, 0.2) is 42.5 Å². The third-order valence-corrected chi connectivity index (χ3v) is 2.98. The van der Waals surface area contributed by atoms with Gasteiger partial charge in [-0.1, -0.05) is 18.2 Å². The van der Waals surface area contributed by atoms with Crippen LogP contribution in [0.25, 0.3) is 11.1 Å². The molecule has 0 aliphatic rings. The number of hydrogen-bond donors (Lipinski definition) is 1. The Morgan fingerprint density at radius 3 is 1.96 bits per heavy atom. The monoisotopic (exact) mass is 350 g/mol. The van der Waals surface area contributed by atoms with Gasteiger partial charge in [0.2, 0.25) is 0 Å². The second kappa shape index (κ2) is 6.06. The summed E-state index contributed by atoms with van der Waals surface area (Å²) in [5, 5.41) is 9.08. The smallest absolute Gasteiger partial charge is 0.478 e. The molecule has 2 aromatic rings. The molecule has 0 aliphatic carbocycles. The average Bonchev–Trinajstić information content (AvgIpc) is 2.44. The summed E-state index contributed by atoms with van der Waals surface area (Å²) >= 11 is 0. The van der Waals surface area contributed by atoms with E-state index in [0.717, 1.165) is 36.4 Å². The van der Waals surface area contributed by atoms with Gasteiger partial charge in [0, 0.05) is 5.56 Å². The third kappa shape index (κ3) is 3.98. The van der Waals surface area contributed by atoms with E-state index >= 15 is 0 Å².